The Labute approximate surface area is 150 Å². The minimum atomic E-state index is -0.399. The van der Waals surface area contributed by atoms with Crippen LogP contribution in [0.15, 0.2) is 46.9 Å². The van der Waals surface area contributed by atoms with Gasteiger partial charge in [-0.25, -0.2) is 4.79 Å². The molecule has 6 heteroatoms. The van der Waals surface area contributed by atoms with E-state index in [0.717, 1.165) is 15.6 Å². The largest absolute Gasteiger partial charge is 0.493 e. The summed E-state index contributed by atoms with van der Waals surface area (Å²) in [6, 6.07) is 13.5. The summed E-state index contributed by atoms with van der Waals surface area (Å²) in [4.78, 5) is 13.0. The molecule has 0 atom stereocenters. The number of carbonyl (C=O) groups excluding carboxylic acids is 1. The van der Waals surface area contributed by atoms with Crippen LogP contribution in [0.2, 0.25) is 0 Å². The molecule has 0 bridgehead atoms. The lowest BCUT2D eigenvalue weighted by Crippen LogP contribution is -2.22. The maximum Gasteiger partial charge on any atom is 0.409 e. The van der Waals surface area contributed by atoms with Crippen molar-refractivity contribution >= 4 is 22.0 Å². The van der Waals surface area contributed by atoms with Gasteiger partial charge in [0.15, 0.2) is 11.5 Å². The molecule has 24 heavy (non-hydrogen) atoms. The van der Waals surface area contributed by atoms with E-state index in [9.17, 15) is 4.79 Å². The second-order valence-electron chi connectivity index (χ2n) is 5.32. The molecule has 0 aromatic heterocycles. The minimum absolute atomic E-state index is 0.142. The van der Waals surface area contributed by atoms with Crippen molar-refractivity contribution in [3.05, 3.63) is 58.1 Å². The molecular weight excluding hydrogens is 374 g/mol. The van der Waals surface area contributed by atoms with Gasteiger partial charge in [-0.05, 0) is 17.7 Å². The first-order chi connectivity index (χ1) is 11.5. The van der Waals surface area contributed by atoms with Crippen LogP contribution in [0.5, 0.6) is 11.5 Å². The summed E-state index contributed by atoms with van der Waals surface area (Å²) in [6.45, 7) is 0.568. The van der Waals surface area contributed by atoms with Crippen LogP contribution < -0.4 is 9.47 Å². The van der Waals surface area contributed by atoms with Crippen LogP contribution in [-0.2, 0) is 18.0 Å². The van der Waals surface area contributed by atoms with Crippen molar-refractivity contribution in [2.45, 2.75) is 13.2 Å². The molecule has 0 fully saturated rings. The monoisotopic (exact) mass is 393 g/mol. The zero-order valence-corrected chi connectivity index (χ0v) is 15.5. The quantitative estimate of drug-likeness (QED) is 0.736. The lowest BCUT2D eigenvalue weighted by molar-refractivity contribution is 0.111. The van der Waals surface area contributed by atoms with E-state index in [4.69, 9.17) is 14.2 Å². The maximum absolute atomic E-state index is 11.6. The fourth-order valence-corrected chi connectivity index (χ4v) is 2.40. The van der Waals surface area contributed by atoms with Crippen molar-refractivity contribution < 1.29 is 19.0 Å². The van der Waals surface area contributed by atoms with E-state index < -0.39 is 6.09 Å². The molecule has 0 saturated heterocycles. The van der Waals surface area contributed by atoms with Gasteiger partial charge < -0.3 is 19.1 Å². The van der Waals surface area contributed by atoms with E-state index in [0.29, 0.717) is 18.1 Å². The number of nitrogens with zero attached hydrogens (tertiary/aromatic N) is 1. The van der Waals surface area contributed by atoms with Crippen LogP contribution in [0.4, 0.5) is 4.79 Å². The first kappa shape index (κ1) is 18.1. The number of methoxy groups -OCH3 is 1. The molecule has 128 valence electrons. The summed E-state index contributed by atoms with van der Waals surface area (Å²) >= 11 is 3.46. The van der Waals surface area contributed by atoms with Crippen molar-refractivity contribution in [1.82, 2.24) is 4.90 Å². The molecule has 0 heterocycles. The molecule has 2 rings (SSSR count). The number of carbonyl (C=O) groups is 1. The summed E-state index contributed by atoms with van der Waals surface area (Å²) < 4.78 is 17.2. The van der Waals surface area contributed by atoms with Crippen molar-refractivity contribution in [3.8, 4) is 11.5 Å². The third-order valence-electron chi connectivity index (χ3n) is 3.29. The summed E-state index contributed by atoms with van der Waals surface area (Å²) in [5.74, 6) is 1.21. The topological polar surface area (TPSA) is 48.0 Å². The van der Waals surface area contributed by atoms with Gasteiger partial charge in [0.25, 0.3) is 0 Å². The average molecular weight is 394 g/mol. The first-order valence-electron chi connectivity index (χ1n) is 7.38. The fourth-order valence-electron chi connectivity index (χ4n) is 1.96. The van der Waals surface area contributed by atoms with Crippen molar-refractivity contribution in [3.63, 3.8) is 0 Å². The molecular formula is C18H20BrNO4. The van der Waals surface area contributed by atoms with Gasteiger partial charge in [0, 0.05) is 24.1 Å². The third kappa shape index (κ3) is 4.89. The van der Waals surface area contributed by atoms with E-state index >= 15 is 0 Å². The molecule has 1 amide bonds. The molecule has 0 radical (unpaired) electrons. The molecule has 0 aliphatic carbocycles. The molecule has 0 spiro atoms. The van der Waals surface area contributed by atoms with Crippen LogP contribution in [0, 0.1) is 0 Å². The zero-order valence-electron chi connectivity index (χ0n) is 13.9. The lowest BCUT2D eigenvalue weighted by atomic mass is 10.2. The van der Waals surface area contributed by atoms with Gasteiger partial charge in [0.05, 0.1) is 7.11 Å². The molecule has 0 aliphatic heterocycles. The van der Waals surface area contributed by atoms with E-state index in [1.807, 2.05) is 36.4 Å². The zero-order chi connectivity index (χ0) is 17.5. The van der Waals surface area contributed by atoms with Gasteiger partial charge in [0.2, 0.25) is 0 Å². The smallest absolute Gasteiger partial charge is 0.409 e. The number of amides is 1. The Bertz CT molecular complexity index is 689. The normalized spacial score (nSPS) is 10.2. The van der Waals surface area contributed by atoms with Gasteiger partial charge in [-0.3, -0.25) is 0 Å². The molecule has 0 unspecified atom stereocenters. The van der Waals surface area contributed by atoms with Crippen LogP contribution >= 0.6 is 15.9 Å². The summed E-state index contributed by atoms with van der Waals surface area (Å²) in [5, 5.41) is 0. The van der Waals surface area contributed by atoms with Crippen LogP contribution in [-0.4, -0.2) is 32.2 Å². The summed E-state index contributed by atoms with van der Waals surface area (Å²) in [6.07, 6.45) is -0.399. The van der Waals surface area contributed by atoms with Crippen LogP contribution in [0.25, 0.3) is 0 Å². The minimum Gasteiger partial charge on any atom is -0.493 e. The molecule has 2 aromatic carbocycles. The lowest BCUT2D eigenvalue weighted by Gasteiger charge is -2.15. The highest BCUT2D eigenvalue weighted by Gasteiger charge is 2.13. The highest BCUT2D eigenvalue weighted by molar-refractivity contribution is 9.10. The predicted octanol–water partition coefficient (Wildman–Crippen LogP) is 4.23. The van der Waals surface area contributed by atoms with Crippen LogP contribution in [0.3, 0.4) is 0 Å². The Morgan fingerprint density at radius 2 is 1.79 bits per heavy atom. The molecule has 5 nitrogen and oxygen atoms in total. The number of benzene rings is 2. The van der Waals surface area contributed by atoms with Gasteiger partial charge in [-0.1, -0.05) is 46.3 Å². The molecule has 0 N–H and O–H groups in total. The SMILES string of the molecule is COc1cc(Br)c(COC(=O)N(C)C)cc1OCc1ccccc1. The van der Waals surface area contributed by atoms with Crippen molar-refractivity contribution in [2.24, 2.45) is 0 Å². The Balaban J connectivity index is 2.13. The molecule has 2 aromatic rings. The first-order valence-corrected chi connectivity index (χ1v) is 8.17. The van der Waals surface area contributed by atoms with E-state index in [1.54, 1.807) is 27.3 Å². The third-order valence-corrected chi connectivity index (χ3v) is 4.02. The molecule has 0 saturated carbocycles. The maximum atomic E-state index is 11.6. The Hall–Kier alpha value is -2.21. The number of rotatable bonds is 6. The van der Waals surface area contributed by atoms with Gasteiger partial charge >= 0.3 is 6.09 Å². The second-order valence-corrected chi connectivity index (χ2v) is 6.17. The summed E-state index contributed by atoms with van der Waals surface area (Å²) in [7, 11) is 4.86. The standard InChI is InChI=1S/C18H20BrNO4/c1-20(2)18(21)24-12-14-9-17(16(22-3)10-15(14)19)23-11-13-7-5-4-6-8-13/h4-10H,11-12H2,1-3H3. The number of hydrogen-bond donors (Lipinski definition) is 0. The predicted molar refractivity (Wildman–Crippen MR) is 95.3 cm³/mol. The highest BCUT2D eigenvalue weighted by atomic mass is 79.9. The van der Waals surface area contributed by atoms with Crippen molar-refractivity contribution in [2.75, 3.05) is 21.2 Å². The summed E-state index contributed by atoms with van der Waals surface area (Å²) in [5.41, 5.74) is 1.86. The second kappa shape index (κ2) is 8.59. The fraction of sp³-hybridized carbons (Fsp3) is 0.278. The number of hydrogen-bond acceptors (Lipinski definition) is 4. The van der Waals surface area contributed by atoms with E-state index in [-0.39, 0.29) is 6.61 Å². The van der Waals surface area contributed by atoms with Crippen LogP contribution in [0.1, 0.15) is 11.1 Å². The Kier molecular flexibility index (Phi) is 6.49. The number of halogens is 1. The van der Waals surface area contributed by atoms with E-state index in [2.05, 4.69) is 15.9 Å². The van der Waals surface area contributed by atoms with Gasteiger partial charge in [-0.2, -0.15) is 0 Å². The van der Waals surface area contributed by atoms with Gasteiger partial charge in [0.1, 0.15) is 13.2 Å². The average Bonchev–Trinajstić information content (AvgIpc) is 2.59. The van der Waals surface area contributed by atoms with Crippen molar-refractivity contribution in [1.29, 1.82) is 0 Å². The Morgan fingerprint density at radius 3 is 2.42 bits per heavy atom. The van der Waals surface area contributed by atoms with E-state index in [1.165, 1.54) is 4.90 Å². The Morgan fingerprint density at radius 1 is 1.08 bits per heavy atom. The highest BCUT2D eigenvalue weighted by Crippen LogP contribution is 2.34. The number of ether oxygens (including phenoxy) is 3. The molecule has 0 aliphatic rings. The van der Waals surface area contributed by atoms with Gasteiger partial charge in [-0.15, -0.1) is 0 Å².